The molecule has 0 bridgehead atoms. The van der Waals surface area contributed by atoms with Crippen molar-refractivity contribution < 1.29 is 9.53 Å². The van der Waals surface area contributed by atoms with Crippen molar-refractivity contribution in [3.05, 3.63) is 81.0 Å². The van der Waals surface area contributed by atoms with Crippen LogP contribution in [0.1, 0.15) is 17.3 Å². The van der Waals surface area contributed by atoms with Crippen LogP contribution in [-0.2, 0) is 14.1 Å². The zero-order chi connectivity index (χ0) is 21.1. The third-order valence-electron chi connectivity index (χ3n) is 4.57. The van der Waals surface area contributed by atoms with Crippen molar-refractivity contribution in [2.24, 2.45) is 14.1 Å². The smallest absolute Gasteiger partial charge is 0.332 e. The fourth-order valence-corrected chi connectivity index (χ4v) is 2.87. The van der Waals surface area contributed by atoms with Gasteiger partial charge in [-0.15, -0.1) is 0 Å². The topological polar surface area (TPSA) is 108 Å². The number of benzene rings is 2. The van der Waals surface area contributed by atoms with E-state index in [0.717, 1.165) is 14.9 Å². The molecule has 1 atom stereocenters. The van der Waals surface area contributed by atoms with Crippen LogP contribution in [0.25, 0.3) is 0 Å². The van der Waals surface area contributed by atoms with Crippen LogP contribution in [0.4, 0.5) is 11.5 Å². The first-order chi connectivity index (χ1) is 13.8. The van der Waals surface area contributed by atoms with Gasteiger partial charge in [-0.3, -0.25) is 18.7 Å². The van der Waals surface area contributed by atoms with Crippen molar-refractivity contribution >= 4 is 17.3 Å². The number of para-hydroxylation sites is 1. The number of ether oxygens (including phenoxy) is 1. The molecule has 0 aliphatic carbocycles. The molecule has 3 aromatic rings. The molecule has 0 radical (unpaired) electrons. The highest BCUT2D eigenvalue weighted by Gasteiger charge is 2.24. The molecule has 1 heterocycles. The number of hydrogen-bond acceptors (Lipinski definition) is 6. The Morgan fingerprint density at radius 3 is 2.17 bits per heavy atom. The predicted molar refractivity (Wildman–Crippen MR) is 112 cm³/mol. The quantitative estimate of drug-likeness (QED) is 0.620. The summed E-state index contributed by atoms with van der Waals surface area (Å²) in [5.41, 5.74) is 5.03. The molecule has 3 rings (SSSR count). The summed E-state index contributed by atoms with van der Waals surface area (Å²) in [5.74, 6) is 0.723. The molecule has 0 saturated carbocycles. The Labute approximate surface area is 167 Å². The second kappa shape index (κ2) is 8.05. The van der Waals surface area contributed by atoms with Crippen LogP contribution in [0.5, 0.6) is 11.5 Å². The Hall–Kier alpha value is -3.81. The number of carbonyl (C=O) groups excluding carboxylic acids is 1. The van der Waals surface area contributed by atoms with E-state index in [0.29, 0.717) is 11.4 Å². The highest BCUT2D eigenvalue weighted by atomic mass is 16.5. The average Bonchev–Trinajstić information content (AvgIpc) is 2.73. The van der Waals surface area contributed by atoms with Gasteiger partial charge in [-0.1, -0.05) is 18.2 Å². The number of hydrogen-bond donors (Lipinski definition) is 2. The molecule has 2 aromatic carbocycles. The Morgan fingerprint density at radius 1 is 0.966 bits per heavy atom. The third-order valence-corrected chi connectivity index (χ3v) is 4.57. The normalized spacial score (nSPS) is 11.7. The molecule has 0 fully saturated rings. The Balaban J connectivity index is 1.77. The van der Waals surface area contributed by atoms with Gasteiger partial charge in [0, 0.05) is 19.8 Å². The number of nitrogens with zero attached hydrogens (tertiary/aromatic N) is 2. The van der Waals surface area contributed by atoms with E-state index >= 15 is 0 Å². The van der Waals surface area contributed by atoms with E-state index in [1.165, 1.54) is 14.1 Å². The molecule has 0 unspecified atom stereocenters. The van der Waals surface area contributed by atoms with Gasteiger partial charge in [-0.05, 0) is 43.3 Å². The van der Waals surface area contributed by atoms with E-state index in [4.69, 9.17) is 10.5 Å². The van der Waals surface area contributed by atoms with Gasteiger partial charge in [-0.25, -0.2) is 4.79 Å². The van der Waals surface area contributed by atoms with Gasteiger partial charge in [0.25, 0.3) is 5.56 Å². The number of ketones is 1. The number of nitrogens with one attached hydrogen (secondary N) is 1. The van der Waals surface area contributed by atoms with Gasteiger partial charge in [-0.2, -0.15) is 0 Å². The van der Waals surface area contributed by atoms with E-state index in [9.17, 15) is 14.4 Å². The molecule has 1 aromatic heterocycles. The first kappa shape index (κ1) is 19.9. The molecule has 150 valence electrons. The maximum absolute atomic E-state index is 12.8. The van der Waals surface area contributed by atoms with Crippen molar-refractivity contribution in [1.82, 2.24) is 9.13 Å². The van der Waals surface area contributed by atoms with Crippen molar-refractivity contribution in [2.75, 3.05) is 11.1 Å². The maximum atomic E-state index is 12.8. The minimum absolute atomic E-state index is 0.150. The van der Waals surface area contributed by atoms with Gasteiger partial charge >= 0.3 is 5.69 Å². The van der Waals surface area contributed by atoms with Crippen LogP contribution < -0.4 is 27.0 Å². The standard InChI is InChI=1S/C21H22N4O4/c1-13(18(26)17-19(22)24(2)21(28)25(3)20(17)27)23-14-9-11-16(12-10-14)29-15-7-5-4-6-8-15/h4-13,23H,22H2,1-3H3/t13-/m1/s1. The van der Waals surface area contributed by atoms with Crippen molar-refractivity contribution in [1.29, 1.82) is 0 Å². The van der Waals surface area contributed by atoms with Gasteiger partial charge in [0.1, 0.15) is 22.9 Å². The summed E-state index contributed by atoms with van der Waals surface area (Å²) < 4.78 is 7.68. The molecule has 0 aliphatic rings. The Bertz CT molecular complexity index is 1150. The van der Waals surface area contributed by atoms with Crippen LogP contribution in [-0.4, -0.2) is 21.0 Å². The monoisotopic (exact) mass is 394 g/mol. The van der Waals surface area contributed by atoms with Crippen molar-refractivity contribution in [2.45, 2.75) is 13.0 Å². The first-order valence-electron chi connectivity index (χ1n) is 8.98. The third kappa shape index (κ3) is 4.06. The van der Waals surface area contributed by atoms with Gasteiger partial charge < -0.3 is 15.8 Å². The minimum Gasteiger partial charge on any atom is -0.457 e. The fraction of sp³-hybridized carbons (Fsp3) is 0.190. The van der Waals surface area contributed by atoms with Crippen LogP contribution in [0, 0.1) is 0 Å². The van der Waals surface area contributed by atoms with E-state index in [2.05, 4.69) is 5.32 Å². The highest BCUT2D eigenvalue weighted by molar-refractivity contribution is 6.04. The number of carbonyl (C=O) groups is 1. The fourth-order valence-electron chi connectivity index (χ4n) is 2.87. The number of Topliss-reactive ketones (excluding diaryl/α,β-unsaturated/α-hetero) is 1. The lowest BCUT2D eigenvalue weighted by Crippen LogP contribution is -2.43. The number of nitrogen functional groups attached to an aromatic ring is 1. The summed E-state index contributed by atoms with van der Waals surface area (Å²) in [6, 6.07) is 15.7. The summed E-state index contributed by atoms with van der Waals surface area (Å²) in [5, 5.41) is 3.04. The predicted octanol–water partition coefficient (Wildman–Crippen LogP) is 2.14. The molecule has 0 aliphatic heterocycles. The van der Waals surface area contributed by atoms with Gasteiger partial charge in [0.15, 0.2) is 5.78 Å². The molecule has 0 amide bonds. The Morgan fingerprint density at radius 2 is 1.55 bits per heavy atom. The number of anilines is 2. The van der Waals surface area contributed by atoms with Crippen LogP contribution in [0.2, 0.25) is 0 Å². The van der Waals surface area contributed by atoms with E-state index in [1.807, 2.05) is 30.3 Å². The molecule has 8 nitrogen and oxygen atoms in total. The molecule has 3 N–H and O–H groups in total. The summed E-state index contributed by atoms with van der Waals surface area (Å²) in [6.07, 6.45) is 0. The lowest BCUT2D eigenvalue weighted by atomic mass is 10.1. The second-order valence-corrected chi connectivity index (χ2v) is 6.64. The number of rotatable bonds is 6. The first-order valence-corrected chi connectivity index (χ1v) is 8.98. The average molecular weight is 394 g/mol. The zero-order valence-electron chi connectivity index (χ0n) is 16.4. The van der Waals surface area contributed by atoms with Gasteiger partial charge in [0.2, 0.25) is 0 Å². The molecular formula is C21H22N4O4. The zero-order valence-corrected chi connectivity index (χ0v) is 16.4. The molecule has 8 heteroatoms. The molecule has 29 heavy (non-hydrogen) atoms. The van der Waals surface area contributed by atoms with Gasteiger partial charge in [0.05, 0.1) is 6.04 Å². The molecule has 0 spiro atoms. The number of nitrogens with two attached hydrogens (primary N) is 1. The second-order valence-electron chi connectivity index (χ2n) is 6.64. The molecular weight excluding hydrogens is 372 g/mol. The van der Waals surface area contributed by atoms with Crippen LogP contribution >= 0.6 is 0 Å². The lowest BCUT2D eigenvalue weighted by molar-refractivity contribution is 0.0973. The maximum Gasteiger partial charge on any atom is 0.332 e. The van der Waals surface area contributed by atoms with Crippen LogP contribution in [0.15, 0.2) is 64.2 Å². The lowest BCUT2D eigenvalue weighted by Gasteiger charge is -2.17. The summed E-state index contributed by atoms with van der Waals surface area (Å²) >= 11 is 0. The summed E-state index contributed by atoms with van der Waals surface area (Å²) in [7, 11) is 2.72. The van der Waals surface area contributed by atoms with E-state index < -0.39 is 23.1 Å². The van der Waals surface area contributed by atoms with Crippen molar-refractivity contribution in [3.63, 3.8) is 0 Å². The minimum atomic E-state index is -0.733. The largest absolute Gasteiger partial charge is 0.457 e. The number of aromatic nitrogens is 2. The van der Waals surface area contributed by atoms with Crippen molar-refractivity contribution in [3.8, 4) is 11.5 Å². The SMILES string of the molecule is C[C@@H](Nc1ccc(Oc2ccccc2)cc1)C(=O)c1c(N)n(C)c(=O)n(C)c1=O. The van der Waals surface area contributed by atoms with Crippen LogP contribution in [0.3, 0.4) is 0 Å². The summed E-state index contributed by atoms with van der Waals surface area (Å²) in [6.45, 7) is 1.63. The van der Waals surface area contributed by atoms with E-state index in [-0.39, 0.29) is 11.4 Å². The summed E-state index contributed by atoms with van der Waals surface area (Å²) in [4.78, 5) is 37.1. The molecule has 0 saturated heterocycles. The van der Waals surface area contributed by atoms with E-state index in [1.54, 1.807) is 31.2 Å². The Kier molecular flexibility index (Phi) is 5.54. The highest BCUT2D eigenvalue weighted by Crippen LogP contribution is 2.23.